The van der Waals surface area contributed by atoms with Crippen LogP contribution in [-0.4, -0.2) is 47.5 Å². The monoisotopic (exact) mass is 369 g/mol. The Morgan fingerprint density at radius 2 is 1.89 bits per heavy atom. The van der Waals surface area contributed by atoms with Crippen molar-refractivity contribution < 1.29 is 14.0 Å². The van der Waals surface area contributed by atoms with Gasteiger partial charge >= 0.3 is 0 Å². The van der Waals surface area contributed by atoms with Crippen LogP contribution in [0.1, 0.15) is 46.9 Å². The third kappa shape index (κ3) is 4.51. The van der Waals surface area contributed by atoms with E-state index in [1.54, 1.807) is 47.5 Å². The Labute approximate surface area is 158 Å². The summed E-state index contributed by atoms with van der Waals surface area (Å²) in [5.74, 6) is -0.246. The Morgan fingerprint density at radius 1 is 1.19 bits per heavy atom. The number of benzene rings is 1. The molecular formula is C21H24FN3O2. The summed E-state index contributed by atoms with van der Waals surface area (Å²) in [6, 6.07) is 10.6. The van der Waals surface area contributed by atoms with Crippen molar-refractivity contribution in [2.75, 3.05) is 19.6 Å². The molecule has 0 atom stereocenters. The SMILES string of the molecule is CCCNC(=O)c1cccnc1-c1ccc(C(=O)N2CCC(F)CC2)cc1. The fourth-order valence-corrected chi connectivity index (χ4v) is 3.16. The summed E-state index contributed by atoms with van der Waals surface area (Å²) in [5.41, 5.74) is 2.43. The number of likely N-dealkylation sites (tertiary alicyclic amines) is 1. The predicted molar refractivity (Wildman–Crippen MR) is 102 cm³/mol. The summed E-state index contributed by atoms with van der Waals surface area (Å²) in [7, 11) is 0. The highest BCUT2D eigenvalue weighted by Gasteiger charge is 2.23. The second-order valence-corrected chi connectivity index (χ2v) is 6.70. The van der Waals surface area contributed by atoms with Crippen LogP contribution in [0.4, 0.5) is 4.39 Å². The number of halogens is 1. The molecule has 27 heavy (non-hydrogen) atoms. The maximum absolute atomic E-state index is 13.3. The fourth-order valence-electron chi connectivity index (χ4n) is 3.16. The minimum atomic E-state index is -0.808. The standard InChI is InChI=1S/C21H24FN3O2/c1-2-11-24-20(26)18-4-3-12-23-19(18)15-5-7-16(8-6-15)21(27)25-13-9-17(22)10-14-25/h3-8,12,17H,2,9-11,13-14H2,1H3,(H,24,26). The maximum Gasteiger partial charge on any atom is 0.253 e. The van der Waals surface area contributed by atoms with Crippen LogP contribution in [0, 0.1) is 0 Å². The van der Waals surface area contributed by atoms with Crippen LogP contribution in [0.3, 0.4) is 0 Å². The summed E-state index contributed by atoms with van der Waals surface area (Å²) in [5, 5.41) is 2.86. The molecule has 0 bridgehead atoms. The van der Waals surface area contributed by atoms with E-state index in [4.69, 9.17) is 0 Å². The zero-order valence-electron chi connectivity index (χ0n) is 15.5. The molecule has 2 aromatic rings. The Morgan fingerprint density at radius 3 is 2.56 bits per heavy atom. The molecular weight excluding hydrogens is 345 g/mol. The fraction of sp³-hybridized carbons (Fsp3) is 0.381. The van der Waals surface area contributed by atoms with E-state index >= 15 is 0 Å². The van der Waals surface area contributed by atoms with E-state index in [0.717, 1.165) is 12.0 Å². The number of rotatable bonds is 5. The Kier molecular flexibility index (Phi) is 6.16. The second kappa shape index (κ2) is 8.75. The number of hydrogen-bond acceptors (Lipinski definition) is 3. The average molecular weight is 369 g/mol. The first kappa shape index (κ1) is 19.0. The van der Waals surface area contributed by atoms with Gasteiger partial charge in [-0.05, 0) is 43.5 Å². The molecule has 2 amide bonds. The summed E-state index contributed by atoms with van der Waals surface area (Å²) in [6.07, 6.45) is 2.49. The number of carbonyl (C=O) groups is 2. The van der Waals surface area contributed by atoms with E-state index in [2.05, 4.69) is 10.3 Å². The molecule has 0 aliphatic carbocycles. The minimum absolute atomic E-state index is 0.0876. The van der Waals surface area contributed by atoms with Gasteiger partial charge in [0.05, 0.1) is 11.3 Å². The number of alkyl halides is 1. The molecule has 2 heterocycles. The van der Waals surface area contributed by atoms with Gasteiger partial charge in [-0.15, -0.1) is 0 Å². The molecule has 0 radical (unpaired) electrons. The molecule has 0 spiro atoms. The van der Waals surface area contributed by atoms with Gasteiger partial charge in [-0.1, -0.05) is 19.1 Å². The molecule has 1 aromatic carbocycles. The van der Waals surface area contributed by atoms with Crippen LogP contribution in [0.5, 0.6) is 0 Å². The number of hydrogen-bond donors (Lipinski definition) is 1. The van der Waals surface area contributed by atoms with Crippen LogP contribution in [-0.2, 0) is 0 Å². The molecule has 1 aliphatic rings. The van der Waals surface area contributed by atoms with Gasteiger partial charge < -0.3 is 10.2 Å². The number of pyridine rings is 1. The number of piperidine rings is 1. The Bertz CT molecular complexity index is 799. The van der Waals surface area contributed by atoms with Gasteiger partial charge in [-0.25, -0.2) is 4.39 Å². The van der Waals surface area contributed by atoms with Crippen molar-refractivity contribution in [3.05, 3.63) is 53.7 Å². The third-order valence-electron chi connectivity index (χ3n) is 4.70. The van der Waals surface area contributed by atoms with Crippen molar-refractivity contribution in [3.63, 3.8) is 0 Å². The number of carbonyl (C=O) groups excluding carboxylic acids is 2. The Hall–Kier alpha value is -2.76. The summed E-state index contributed by atoms with van der Waals surface area (Å²) < 4.78 is 13.3. The molecule has 3 rings (SSSR count). The van der Waals surface area contributed by atoms with Crippen molar-refractivity contribution in [2.45, 2.75) is 32.4 Å². The molecule has 1 aliphatic heterocycles. The topological polar surface area (TPSA) is 62.3 Å². The first-order valence-electron chi connectivity index (χ1n) is 9.37. The van der Waals surface area contributed by atoms with E-state index in [1.807, 2.05) is 6.92 Å². The molecule has 1 saturated heterocycles. The molecule has 5 nitrogen and oxygen atoms in total. The van der Waals surface area contributed by atoms with Gasteiger partial charge in [-0.2, -0.15) is 0 Å². The third-order valence-corrected chi connectivity index (χ3v) is 4.70. The van der Waals surface area contributed by atoms with Crippen LogP contribution in [0.25, 0.3) is 11.3 Å². The first-order chi connectivity index (χ1) is 13.1. The number of aromatic nitrogens is 1. The number of nitrogens with zero attached hydrogens (tertiary/aromatic N) is 2. The van der Waals surface area contributed by atoms with E-state index in [1.165, 1.54) is 0 Å². The maximum atomic E-state index is 13.3. The molecule has 1 fully saturated rings. The molecule has 6 heteroatoms. The van der Waals surface area contributed by atoms with Crippen LogP contribution >= 0.6 is 0 Å². The lowest BCUT2D eigenvalue weighted by Gasteiger charge is -2.28. The molecule has 142 valence electrons. The summed E-state index contributed by atoms with van der Waals surface area (Å²) in [6.45, 7) is 3.50. The predicted octanol–water partition coefficient (Wildman–Crippen LogP) is 3.46. The lowest BCUT2D eigenvalue weighted by molar-refractivity contribution is 0.0666. The van der Waals surface area contributed by atoms with Crippen molar-refractivity contribution in [1.29, 1.82) is 0 Å². The largest absolute Gasteiger partial charge is 0.352 e. The smallest absolute Gasteiger partial charge is 0.253 e. The van der Waals surface area contributed by atoms with Gasteiger partial charge in [0.2, 0.25) is 0 Å². The van der Waals surface area contributed by atoms with Gasteiger partial charge in [-0.3, -0.25) is 14.6 Å². The van der Waals surface area contributed by atoms with Gasteiger partial charge in [0.15, 0.2) is 0 Å². The molecule has 1 N–H and O–H groups in total. The summed E-state index contributed by atoms with van der Waals surface area (Å²) in [4.78, 5) is 31.0. The highest BCUT2D eigenvalue weighted by atomic mass is 19.1. The van der Waals surface area contributed by atoms with Crippen LogP contribution in [0.2, 0.25) is 0 Å². The highest BCUT2D eigenvalue weighted by Crippen LogP contribution is 2.23. The van der Waals surface area contributed by atoms with Crippen molar-refractivity contribution in [1.82, 2.24) is 15.2 Å². The average Bonchev–Trinajstić information content (AvgIpc) is 2.72. The number of amides is 2. The Balaban J connectivity index is 1.78. The first-order valence-corrected chi connectivity index (χ1v) is 9.37. The molecule has 0 saturated carbocycles. The van der Waals surface area contributed by atoms with Crippen LogP contribution in [0.15, 0.2) is 42.6 Å². The highest BCUT2D eigenvalue weighted by molar-refractivity contribution is 6.00. The lowest BCUT2D eigenvalue weighted by atomic mass is 10.0. The van der Waals surface area contributed by atoms with Gasteiger partial charge in [0, 0.05) is 37.0 Å². The van der Waals surface area contributed by atoms with Crippen molar-refractivity contribution in [3.8, 4) is 11.3 Å². The van der Waals surface area contributed by atoms with Crippen LogP contribution < -0.4 is 5.32 Å². The zero-order valence-corrected chi connectivity index (χ0v) is 15.5. The van der Waals surface area contributed by atoms with Gasteiger partial charge in [0.25, 0.3) is 11.8 Å². The normalized spacial score (nSPS) is 14.8. The van der Waals surface area contributed by atoms with Gasteiger partial charge in [0.1, 0.15) is 6.17 Å². The van der Waals surface area contributed by atoms with E-state index in [9.17, 15) is 14.0 Å². The quantitative estimate of drug-likeness (QED) is 0.878. The number of nitrogens with one attached hydrogen (secondary N) is 1. The lowest BCUT2D eigenvalue weighted by Crippen LogP contribution is -2.39. The van der Waals surface area contributed by atoms with Crippen molar-refractivity contribution >= 4 is 11.8 Å². The summed E-state index contributed by atoms with van der Waals surface area (Å²) >= 11 is 0. The zero-order chi connectivity index (χ0) is 19.2. The van der Waals surface area contributed by atoms with E-state index in [0.29, 0.717) is 49.3 Å². The minimum Gasteiger partial charge on any atom is -0.352 e. The molecule has 1 aromatic heterocycles. The second-order valence-electron chi connectivity index (χ2n) is 6.70. The molecule has 0 unspecified atom stereocenters. The van der Waals surface area contributed by atoms with E-state index in [-0.39, 0.29) is 11.8 Å². The van der Waals surface area contributed by atoms with E-state index < -0.39 is 6.17 Å². The van der Waals surface area contributed by atoms with Crippen molar-refractivity contribution in [2.24, 2.45) is 0 Å².